The monoisotopic (exact) mass is 294 g/mol. The van der Waals surface area contributed by atoms with Gasteiger partial charge in [0.1, 0.15) is 11.8 Å². The first-order valence-corrected chi connectivity index (χ1v) is 6.73. The SMILES string of the molecule is COC(=O)C(NC(=O)NCc1ccc(OC)cc1)C(C)C. The van der Waals surface area contributed by atoms with Crippen LogP contribution in [0, 0.1) is 5.92 Å². The number of hydrogen-bond donors (Lipinski definition) is 2. The van der Waals surface area contributed by atoms with E-state index in [4.69, 9.17) is 4.74 Å². The van der Waals surface area contributed by atoms with Crippen LogP contribution in [0.25, 0.3) is 0 Å². The number of nitrogens with one attached hydrogen (secondary N) is 2. The van der Waals surface area contributed by atoms with E-state index in [1.54, 1.807) is 7.11 Å². The van der Waals surface area contributed by atoms with Crippen molar-refractivity contribution in [1.82, 2.24) is 10.6 Å². The lowest BCUT2D eigenvalue weighted by Crippen LogP contribution is -2.48. The van der Waals surface area contributed by atoms with Gasteiger partial charge >= 0.3 is 12.0 Å². The number of urea groups is 1. The average Bonchev–Trinajstić information content (AvgIpc) is 2.50. The lowest BCUT2D eigenvalue weighted by molar-refractivity contribution is -0.143. The predicted octanol–water partition coefficient (Wildman–Crippen LogP) is 1.69. The summed E-state index contributed by atoms with van der Waals surface area (Å²) in [6.45, 7) is 4.04. The number of benzene rings is 1. The number of hydrogen-bond acceptors (Lipinski definition) is 4. The van der Waals surface area contributed by atoms with Gasteiger partial charge in [-0.2, -0.15) is 0 Å². The molecule has 21 heavy (non-hydrogen) atoms. The molecule has 6 nitrogen and oxygen atoms in total. The molecule has 0 aliphatic heterocycles. The van der Waals surface area contributed by atoms with Gasteiger partial charge in [-0.25, -0.2) is 9.59 Å². The summed E-state index contributed by atoms with van der Waals surface area (Å²) in [6.07, 6.45) is 0. The molecule has 1 aromatic rings. The zero-order valence-electron chi connectivity index (χ0n) is 12.8. The average molecular weight is 294 g/mol. The van der Waals surface area contributed by atoms with Gasteiger partial charge in [-0.1, -0.05) is 26.0 Å². The van der Waals surface area contributed by atoms with Crippen molar-refractivity contribution in [3.05, 3.63) is 29.8 Å². The highest BCUT2D eigenvalue weighted by Crippen LogP contribution is 2.11. The maximum absolute atomic E-state index is 11.8. The maximum Gasteiger partial charge on any atom is 0.328 e. The number of esters is 1. The Labute approximate surface area is 124 Å². The number of carbonyl (C=O) groups is 2. The largest absolute Gasteiger partial charge is 0.497 e. The molecule has 0 saturated carbocycles. The number of methoxy groups -OCH3 is 2. The van der Waals surface area contributed by atoms with Gasteiger partial charge in [-0.05, 0) is 23.6 Å². The van der Waals surface area contributed by atoms with Gasteiger partial charge in [-0.15, -0.1) is 0 Å². The zero-order valence-corrected chi connectivity index (χ0v) is 12.8. The number of rotatable bonds is 6. The number of amides is 2. The Hall–Kier alpha value is -2.24. The van der Waals surface area contributed by atoms with Crippen LogP contribution in [-0.4, -0.2) is 32.3 Å². The van der Waals surface area contributed by atoms with Crippen LogP contribution in [0.15, 0.2) is 24.3 Å². The summed E-state index contributed by atoms with van der Waals surface area (Å²) in [4.78, 5) is 23.4. The molecule has 0 spiro atoms. The minimum Gasteiger partial charge on any atom is -0.497 e. The van der Waals surface area contributed by atoms with Crippen LogP contribution in [0.3, 0.4) is 0 Å². The Morgan fingerprint density at radius 2 is 1.76 bits per heavy atom. The summed E-state index contributed by atoms with van der Waals surface area (Å²) in [6, 6.07) is 6.29. The molecule has 0 bridgehead atoms. The Morgan fingerprint density at radius 1 is 1.14 bits per heavy atom. The molecule has 116 valence electrons. The van der Waals surface area contributed by atoms with Gasteiger partial charge in [-0.3, -0.25) is 0 Å². The standard InChI is InChI=1S/C15H22N2O4/c1-10(2)13(14(18)21-4)17-15(19)16-9-11-5-7-12(20-3)8-6-11/h5-8,10,13H,9H2,1-4H3,(H2,16,17,19). The Kier molecular flexibility index (Phi) is 6.52. The molecule has 2 amide bonds. The zero-order chi connectivity index (χ0) is 15.8. The second kappa shape index (κ2) is 8.14. The summed E-state index contributed by atoms with van der Waals surface area (Å²) < 4.78 is 9.73. The molecule has 0 saturated heterocycles. The molecule has 0 aromatic heterocycles. The lowest BCUT2D eigenvalue weighted by atomic mass is 10.1. The quantitative estimate of drug-likeness (QED) is 0.783. The number of carbonyl (C=O) groups excluding carboxylic acids is 2. The molecule has 1 aromatic carbocycles. The van der Waals surface area contributed by atoms with E-state index < -0.39 is 18.0 Å². The molecule has 0 radical (unpaired) electrons. The highest BCUT2D eigenvalue weighted by Gasteiger charge is 2.24. The summed E-state index contributed by atoms with van der Waals surface area (Å²) in [7, 11) is 2.90. The van der Waals surface area contributed by atoms with E-state index in [0.29, 0.717) is 6.54 Å². The third-order valence-corrected chi connectivity index (χ3v) is 3.02. The minimum absolute atomic E-state index is 0.0517. The van der Waals surface area contributed by atoms with E-state index >= 15 is 0 Å². The number of ether oxygens (including phenoxy) is 2. The summed E-state index contributed by atoms with van der Waals surface area (Å²) >= 11 is 0. The summed E-state index contributed by atoms with van der Waals surface area (Å²) in [5.41, 5.74) is 0.935. The summed E-state index contributed by atoms with van der Waals surface area (Å²) in [5.74, 6) is 0.252. The Morgan fingerprint density at radius 3 is 2.24 bits per heavy atom. The molecule has 1 unspecified atom stereocenters. The third kappa shape index (κ3) is 5.33. The first-order valence-electron chi connectivity index (χ1n) is 6.73. The molecule has 1 atom stereocenters. The van der Waals surface area contributed by atoms with E-state index in [1.807, 2.05) is 38.1 Å². The Balaban J connectivity index is 2.50. The third-order valence-electron chi connectivity index (χ3n) is 3.02. The first-order chi connectivity index (χ1) is 9.97. The second-order valence-electron chi connectivity index (χ2n) is 4.92. The molecular weight excluding hydrogens is 272 g/mol. The molecule has 2 N–H and O–H groups in total. The van der Waals surface area contributed by atoms with E-state index in [-0.39, 0.29) is 5.92 Å². The molecular formula is C15H22N2O4. The molecule has 6 heteroatoms. The minimum atomic E-state index is -0.661. The van der Waals surface area contributed by atoms with E-state index in [0.717, 1.165) is 11.3 Å². The normalized spacial score (nSPS) is 11.7. The van der Waals surface area contributed by atoms with Gasteiger partial charge < -0.3 is 20.1 Å². The summed E-state index contributed by atoms with van der Waals surface area (Å²) in [5, 5.41) is 5.31. The van der Waals surface area contributed by atoms with Crippen molar-refractivity contribution in [2.45, 2.75) is 26.4 Å². The molecule has 0 heterocycles. The van der Waals surface area contributed by atoms with E-state index in [9.17, 15) is 9.59 Å². The van der Waals surface area contributed by atoms with Crippen LogP contribution in [0.2, 0.25) is 0 Å². The second-order valence-corrected chi connectivity index (χ2v) is 4.92. The van der Waals surface area contributed by atoms with Crippen LogP contribution >= 0.6 is 0 Å². The first kappa shape index (κ1) is 16.8. The highest BCUT2D eigenvalue weighted by atomic mass is 16.5. The molecule has 0 aliphatic rings. The van der Waals surface area contributed by atoms with Crippen molar-refractivity contribution in [2.24, 2.45) is 5.92 Å². The van der Waals surface area contributed by atoms with E-state index in [1.165, 1.54) is 7.11 Å². The lowest BCUT2D eigenvalue weighted by Gasteiger charge is -2.20. The van der Waals surface area contributed by atoms with E-state index in [2.05, 4.69) is 15.4 Å². The van der Waals surface area contributed by atoms with Gasteiger partial charge in [0.05, 0.1) is 14.2 Å². The fourth-order valence-corrected chi connectivity index (χ4v) is 1.74. The highest BCUT2D eigenvalue weighted by molar-refractivity contribution is 5.83. The van der Waals surface area contributed by atoms with Crippen molar-refractivity contribution in [2.75, 3.05) is 14.2 Å². The molecule has 0 aliphatic carbocycles. The van der Waals surface area contributed by atoms with Crippen LogP contribution in [-0.2, 0) is 16.1 Å². The predicted molar refractivity (Wildman–Crippen MR) is 79.0 cm³/mol. The van der Waals surface area contributed by atoms with Crippen molar-refractivity contribution in [3.63, 3.8) is 0 Å². The fraction of sp³-hybridized carbons (Fsp3) is 0.467. The molecule has 1 rings (SSSR count). The van der Waals surface area contributed by atoms with Crippen molar-refractivity contribution in [1.29, 1.82) is 0 Å². The fourth-order valence-electron chi connectivity index (χ4n) is 1.74. The van der Waals surface area contributed by atoms with Gasteiger partial charge in [0.25, 0.3) is 0 Å². The van der Waals surface area contributed by atoms with Crippen LogP contribution in [0.1, 0.15) is 19.4 Å². The maximum atomic E-state index is 11.8. The van der Waals surface area contributed by atoms with Gasteiger partial charge in [0.2, 0.25) is 0 Å². The molecule has 0 fully saturated rings. The smallest absolute Gasteiger partial charge is 0.328 e. The van der Waals surface area contributed by atoms with Crippen LogP contribution < -0.4 is 15.4 Å². The van der Waals surface area contributed by atoms with Crippen LogP contribution in [0.5, 0.6) is 5.75 Å². The Bertz CT molecular complexity index is 471. The van der Waals surface area contributed by atoms with Crippen molar-refractivity contribution >= 4 is 12.0 Å². The van der Waals surface area contributed by atoms with Gasteiger partial charge in [0, 0.05) is 6.54 Å². The van der Waals surface area contributed by atoms with Crippen LogP contribution in [0.4, 0.5) is 4.79 Å². The van der Waals surface area contributed by atoms with Crippen molar-refractivity contribution in [3.8, 4) is 5.75 Å². The van der Waals surface area contributed by atoms with Crippen molar-refractivity contribution < 1.29 is 19.1 Å². The van der Waals surface area contributed by atoms with Gasteiger partial charge in [0.15, 0.2) is 0 Å². The topological polar surface area (TPSA) is 76.7 Å².